The molecular formula is C12H16N2OS. The molecule has 3 nitrogen and oxygen atoms in total. The molecule has 2 aromatic rings. The van der Waals surface area contributed by atoms with Crippen molar-refractivity contribution in [3.8, 4) is 0 Å². The molecule has 0 saturated heterocycles. The van der Waals surface area contributed by atoms with Crippen LogP contribution in [0.5, 0.6) is 0 Å². The van der Waals surface area contributed by atoms with E-state index in [1.165, 1.54) is 4.88 Å². The van der Waals surface area contributed by atoms with Gasteiger partial charge in [-0.2, -0.15) is 0 Å². The summed E-state index contributed by atoms with van der Waals surface area (Å²) in [6, 6.07) is 3.87. The summed E-state index contributed by atoms with van der Waals surface area (Å²) in [5, 5.41) is 4.55. The molecular weight excluding hydrogens is 220 g/mol. The molecule has 4 heteroatoms. The molecule has 2 heterocycles. The Balaban J connectivity index is 2.02. The Morgan fingerprint density at radius 3 is 2.88 bits per heavy atom. The van der Waals surface area contributed by atoms with Gasteiger partial charge in [0.05, 0.1) is 18.3 Å². The van der Waals surface area contributed by atoms with E-state index in [0.29, 0.717) is 0 Å². The fourth-order valence-electron chi connectivity index (χ4n) is 1.44. The van der Waals surface area contributed by atoms with Gasteiger partial charge in [0.2, 0.25) is 0 Å². The molecule has 0 aliphatic rings. The van der Waals surface area contributed by atoms with Crippen LogP contribution in [0.4, 0.5) is 0 Å². The first-order valence-corrected chi connectivity index (χ1v) is 6.10. The number of nitrogens with zero attached hydrogens (tertiary/aromatic N) is 1. The highest BCUT2D eigenvalue weighted by atomic mass is 32.1. The highest BCUT2D eigenvalue weighted by molar-refractivity contribution is 7.11. The Kier molecular flexibility index (Phi) is 3.12. The maximum absolute atomic E-state index is 5.29. The van der Waals surface area contributed by atoms with Crippen molar-refractivity contribution in [1.82, 2.24) is 10.3 Å². The smallest absolute Gasteiger partial charge is 0.117 e. The summed E-state index contributed by atoms with van der Waals surface area (Å²) in [6.07, 6.45) is 3.61. The van der Waals surface area contributed by atoms with Crippen molar-refractivity contribution in [2.24, 2.45) is 0 Å². The van der Waals surface area contributed by atoms with E-state index in [9.17, 15) is 0 Å². The molecule has 2 rings (SSSR count). The monoisotopic (exact) mass is 236 g/mol. The van der Waals surface area contributed by atoms with Crippen molar-refractivity contribution < 1.29 is 4.42 Å². The summed E-state index contributed by atoms with van der Waals surface area (Å²) in [4.78, 5) is 5.65. The van der Waals surface area contributed by atoms with E-state index in [1.807, 2.05) is 18.3 Å². The summed E-state index contributed by atoms with van der Waals surface area (Å²) in [5.74, 6) is 0.946. The van der Waals surface area contributed by atoms with Crippen molar-refractivity contribution in [3.05, 3.63) is 40.2 Å². The van der Waals surface area contributed by atoms with Crippen molar-refractivity contribution in [3.63, 3.8) is 0 Å². The standard InChI is InChI=1S/C12H16N2OS/c1-9-7-13-11(16-9)12(2,3)14-8-10-5-4-6-15-10/h4-7,14H,8H2,1-3H3. The Morgan fingerprint density at radius 2 is 2.31 bits per heavy atom. The largest absolute Gasteiger partial charge is 0.468 e. The third-order valence-corrected chi connectivity index (χ3v) is 3.68. The minimum atomic E-state index is -0.119. The second-order valence-corrected chi connectivity index (χ2v) is 5.57. The second-order valence-electron chi connectivity index (χ2n) is 4.33. The van der Waals surface area contributed by atoms with Crippen molar-refractivity contribution >= 4 is 11.3 Å². The Labute approximate surface area is 99.5 Å². The maximum Gasteiger partial charge on any atom is 0.117 e. The zero-order valence-electron chi connectivity index (χ0n) is 9.78. The van der Waals surface area contributed by atoms with Crippen LogP contribution >= 0.6 is 11.3 Å². The molecule has 0 amide bonds. The highest BCUT2D eigenvalue weighted by Gasteiger charge is 2.23. The third-order valence-electron chi connectivity index (χ3n) is 2.44. The first-order chi connectivity index (χ1) is 7.58. The lowest BCUT2D eigenvalue weighted by Gasteiger charge is -2.23. The van der Waals surface area contributed by atoms with Gasteiger partial charge < -0.3 is 4.42 Å². The lowest BCUT2D eigenvalue weighted by atomic mass is 10.1. The number of hydrogen-bond donors (Lipinski definition) is 1. The highest BCUT2D eigenvalue weighted by Crippen LogP contribution is 2.25. The number of nitrogens with one attached hydrogen (secondary N) is 1. The first-order valence-electron chi connectivity index (χ1n) is 5.28. The predicted octanol–water partition coefficient (Wildman–Crippen LogP) is 3.07. The molecule has 0 atom stereocenters. The van der Waals surface area contributed by atoms with E-state index in [4.69, 9.17) is 4.42 Å². The molecule has 0 aliphatic heterocycles. The van der Waals surface area contributed by atoms with Crippen molar-refractivity contribution in [1.29, 1.82) is 0 Å². The fraction of sp³-hybridized carbons (Fsp3) is 0.417. The normalized spacial score (nSPS) is 11.9. The van der Waals surface area contributed by atoms with E-state index >= 15 is 0 Å². The average Bonchev–Trinajstić information content (AvgIpc) is 2.85. The molecule has 0 spiro atoms. The van der Waals surface area contributed by atoms with Crippen LogP contribution in [0.25, 0.3) is 0 Å². The minimum absolute atomic E-state index is 0.119. The Morgan fingerprint density at radius 1 is 1.50 bits per heavy atom. The molecule has 0 saturated carbocycles. The number of aromatic nitrogens is 1. The van der Waals surface area contributed by atoms with E-state index in [-0.39, 0.29) is 5.54 Å². The van der Waals surface area contributed by atoms with Gasteiger partial charge in [-0.05, 0) is 32.9 Å². The third kappa shape index (κ3) is 2.51. The van der Waals surface area contributed by atoms with Gasteiger partial charge in [-0.25, -0.2) is 4.98 Å². The number of rotatable bonds is 4. The summed E-state index contributed by atoms with van der Waals surface area (Å²) in [7, 11) is 0. The Hall–Kier alpha value is -1.13. The minimum Gasteiger partial charge on any atom is -0.468 e. The van der Waals surface area contributed by atoms with Gasteiger partial charge in [0.15, 0.2) is 0 Å². The molecule has 2 aromatic heterocycles. The SMILES string of the molecule is Cc1cnc(C(C)(C)NCc2ccco2)s1. The summed E-state index contributed by atoms with van der Waals surface area (Å²) < 4.78 is 5.29. The molecule has 0 fully saturated rings. The molecule has 86 valence electrons. The zero-order valence-corrected chi connectivity index (χ0v) is 10.6. The van der Waals surface area contributed by atoms with Gasteiger partial charge >= 0.3 is 0 Å². The van der Waals surface area contributed by atoms with E-state index < -0.39 is 0 Å². The van der Waals surface area contributed by atoms with Gasteiger partial charge in [0.25, 0.3) is 0 Å². The quantitative estimate of drug-likeness (QED) is 0.886. The lowest BCUT2D eigenvalue weighted by molar-refractivity contribution is 0.369. The van der Waals surface area contributed by atoms with Crippen LogP contribution in [-0.4, -0.2) is 4.98 Å². The predicted molar refractivity (Wildman–Crippen MR) is 65.4 cm³/mol. The second kappa shape index (κ2) is 4.39. The molecule has 0 aromatic carbocycles. The van der Waals surface area contributed by atoms with E-state index in [0.717, 1.165) is 17.3 Å². The molecule has 1 N–H and O–H groups in total. The van der Waals surface area contributed by atoms with Crippen molar-refractivity contribution in [2.75, 3.05) is 0 Å². The topological polar surface area (TPSA) is 38.1 Å². The molecule has 0 aliphatic carbocycles. The first kappa shape index (κ1) is 11.4. The van der Waals surface area contributed by atoms with Crippen molar-refractivity contribution in [2.45, 2.75) is 32.9 Å². The maximum atomic E-state index is 5.29. The average molecular weight is 236 g/mol. The van der Waals surface area contributed by atoms with Gasteiger partial charge in [-0.15, -0.1) is 11.3 Å². The van der Waals surface area contributed by atoms with Crippen LogP contribution in [0.15, 0.2) is 29.0 Å². The summed E-state index contributed by atoms with van der Waals surface area (Å²) >= 11 is 1.73. The van der Waals surface area contributed by atoms with Gasteiger partial charge in [-0.3, -0.25) is 5.32 Å². The van der Waals surface area contributed by atoms with Crippen LogP contribution in [0, 0.1) is 6.92 Å². The van der Waals surface area contributed by atoms with Gasteiger partial charge in [-0.1, -0.05) is 0 Å². The van der Waals surface area contributed by atoms with Crippen LogP contribution < -0.4 is 5.32 Å². The van der Waals surface area contributed by atoms with Gasteiger partial charge in [0.1, 0.15) is 10.8 Å². The number of thiazole rings is 1. The Bertz CT molecular complexity index is 445. The van der Waals surface area contributed by atoms with E-state index in [2.05, 4.69) is 31.1 Å². The number of aryl methyl sites for hydroxylation is 1. The molecule has 0 radical (unpaired) electrons. The van der Waals surface area contributed by atoms with E-state index in [1.54, 1.807) is 17.6 Å². The summed E-state index contributed by atoms with van der Waals surface area (Å²) in [5.41, 5.74) is -0.119. The summed E-state index contributed by atoms with van der Waals surface area (Å²) in [6.45, 7) is 7.06. The fourth-order valence-corrected chi connectivity index (χ4v) is 2.28. The van der Waals surface area contributed by atoms with Crippen LogP contribution in [-0.2, 0) is 12.1 Å². The van der Waals surface area contributed by atoms with Crippen LogP contribution in [0.3, 0.4) is 0 Å². The number of hydrogen-bond acceptors (Lipinski definition) is 4. The molecule has 16 heavy (non-hydrogen) atoms. The van der Waals surface area contributed by atoms with Crippen LogP contribution in [0.1, 0.15) is 29.5 Å². The lowest BCUT2D eigenvalue weighted by Crippen LogP contribution is -2.35. The number of furan rings is 1. The van der Waals surface area contributed by atoms with Gasteiger partial charge in [0, 0.05) is 11.1 Å². The van der Waals surface area contributed by atoms with Crippen LogP contribution in [0.2, 0.25) is 0 Å². The molecule has 0 bridgehead atoms. The molecule has 0 unspecified atom stereocenters. The zero-order chi connectivity index (χ0) is 11.6.